The second kappa shape index (κ2) is 12.0. The van der Waals surface area contributed by atoms with Gasteiger partial charge in [-0.2, -0.15) is 0 Å². The Labute approximate surface area is 305 Å². The molecule has 1 atom stereocenters. The van der Waals surface area contributed by atoms with Crippen LogP contribution in [-0.2, 0) is 5.41 Å². The van der Waals surface area contributed by atoms with Crippen LogP contribution in [0, 0.1) is 18.8 Å². The normalized spacial score (nSPS) is 16.0. The van der Waals surface area contributed by atoms with Gasteiger partial charge in [-0.15, -0.1) is 0 Å². The maximum absolute atomic E-state index is 3.53. The summed E-state index contributed by atoms with van der Waals surface area (Å²) in [5, 5.41) is 0. The van der Waals surface area contributed by atoms with E-state index < -0.39 is 5.41 Å². The van der Waals surface area contributed by atoms with E-state index in [1.807, 2.05) is 6.08 Å². The van der Waals surface area contributed by atoms with Gasteiger partial charge in [0.1, 0.15) is 0 Å². The quantitative estimate of drug-likeness (QED) is 0.166. The van der Waals surface area contributed by atoms with Gasteiger partial charge in [0, 0.05) is 23.4 Å². The van der Waals surface area contributed by atoms with Crippen molar-refractivity contribution in [3.63, 3.8) is 0 Å². The average molecular weight is 662 g/mol. The van der Waals surface area contributed by atoms with Crippen LogP contribution < -0.4 is 4.90 Å². The third-order valence-corrected chi connectivity index (χ3v) is 11.1. The van der Waals surface area contributed by atoms with Crippen LogP contribution in [0.1, 0.15) is 34.2 Å². The zero-order chi connectivity index (χ0) is 34.6. The highest BCUT2D eigenvalue weighted by Gasteiger charge is 2.54. The number of allylic oxidation sites excluding steroid dienone is 4. The van der Waals surface area contributed by atoms with E-state index in [4.69, 9.17) is 0 Å². The van der Waals surface area contributed by atoms with Crippen LogP contribution in [0.4, 0.5) is 17.1 Å². The molecule has 7 aromatic carbocycles. The molecule has 1 spiro atoms. The summed E-state index contributed by atoms with van der Waals surface area (Å²) >= 11 is 0. The molecule has 0 heterocycles. The monoisotopic (exact) mass is 661 g/mol. The smallest absolute Gasteiger partial charge is 0.0718 e. The highest BCUT2D eigenvalue weighted by Crippen LogP contribution is 2.65. The van der Waals surface area contributed by atoms with Crippen molar-refractivity contribution >= 4 is 22.6 Å². The molecule has 3 aliphatic carbocycles. The first-order valence-corrected chi connectivity index (χ1v) is 18.1. The van der Waals surface area contributed by atoms with E-state index in [9.17, 15) is 0 Å². The number of nitrogens with zero attached hydrogens (tertiary/aromatic N) is 1. The van der Waals surface area contributed by atoms with Gasteiger partial charge in [0.05, 0.1) is 11.1 Å². The predicted octanol–water partition coefficient (Wildman–Crippen LogP) is 12.8. The molecule has 0 amide bonds. The van der Waals surface area contributed by atoms with Crippen LogP contribution in [0.25, 0.3) is 39.0 Å². The minimum absolute atomic E-state index is 0.491. The molecular formula is C51H35N. The maximum Gasteiger partial charge on any atom is 0.0718 e. The summed E-state index contributed by atoms with van der Waals surface area (Å²) in [5.74, 6) is 6.84. The second-order valence-electron chi connectivity index (χ2n) is 13.9. The van der Waals surface area contributed by atoms with Gasteiger partial charge in [-0.25, -0.2) is 0 Å². The number of anilines is 3. The molecule has 0 fully saturated rings. The lowest BCUT2D eigenvalue weighted by Gasteiger charge is -2.37. The van der Waals surface area contributed by atoms with E-state index >= 15 is 0 Å². The molecule has 1 nitrogen and oxygen atoms in total. The number of hydrogen-bond acceptors (Lipinski definition) is 1. The number of hydrogen-bond donors (Lipinski definition) is 0. The minimum atomic E-state index is -0.491. The summed E-state index contributed by atoms with van der Waals surface area (Å²) < 4.78 is 0. The van der Waals surface area contributed by atoms with Gasteiger partial charge in [0.2, 0.25) is 0 Å². The maximum atomic E-state index is 3.53. The lowest BCUT2D eigenvalue weighted by Crippen LogP contribution is -2.29. The fourth-order valence-corrected chi connectivity index (χ4v) is 8.88. The highest BCUT2D eigenvalue weighted by molar-refractivity contribution is 6.01. The molecule has 0 aliphatic heterocycles. The van der Waals surface area contributed by atoms with Crippen LogP contribution >= 0.6 is 0 Å². The Morgan fingerprint density at radius 1 is 0.519 bits per heavy atom. The molecule has 0 saturated carbocycles. The fraction of sp³-hybridized carbons (Fsp3) is 0.0588. The summed E-state index contributed by atoms with van der Waals surface area (Å²) in [6, 6.07) is 62.4. The summed E-state index contributed by atoms with van der Waals surface area (Å²) in [4.78, 5) is 2.47. The van der Waals surface area contributed by atoms with Crippen LogP contribution in [0.15, 0.2) is 188 Å². The molecule has 0 bridgehead atoms. The summed E-state index contributed by atoms with van der Waals surface area (Å²) in [6.07, 6.45) is 4.99. The molecule has 0 N–H and O–H groups in total. The summed E-state index contributed by atoms with van der Waals surface area (Å²) in [5.41, 5.74) is 19.5. The molecule has 52 heavy (non-hydrogen) atoms. The average Bonchev–Trinajstić information content (AvgIpc) is 3.50. The Hall–Kier alpha value is -6.62. The van der Waals surface area contributed by atoms with E-state index in [2.05, 4.69) is 200 Å². The Morgan fingerprint density at radius 2 is 1.12 bits per heavy atom. The standard InChI is InChI=1S/C51H35N/c1-35-24-33-44-42-18-9-4-10-21-46(42)51(48(44)34-35)47-22-12-11-19-43(47)45-20-13-23-49(50(45)51)52(40-29-25-38(26-30-40)36-14-5-2-6-15-36)41-31-27-39(28-32-41)37-16-7-3-8-17-37/h2-3,5-9,11-20,22-34H,21H2,1H3. The first-order valence-electron chi connectivity index (χ1n) is 18.1. The lowest BCUT2D eigenvalue weighted by atomic mass is 9.68. The highest BCUT2D eigenvalue weighted by atomic mass is 15.1. The predicted molar refractivity (Wildman–Crippen MR) is 217 cm³/mol. The van der Waals surface area contributed by atoms with Crippen molar-refractivity contribution in [3.05, 3.63) is 215 Å². The van der Waals surface area contributed by atoms with Crippen molar-refractivity contribution in [1.82, 2.24) is 0 Å². The van der Waals surface area contributed by atoms with Gasteiger partial charge >= 0.3 is 0 Å². The van der Waals surface area contributed by atoms with E-state index in [1.165, 1.54) is 78.0 Å². The second-order valence-corrected chi connectivity index (χ2v) is 13.9. The first kappa shape index (κ1) is 30.2. The first-order chi connectivity index (χ1) is 25.7. The zero-order valence-corrected chi connectivity index (χ0v) is 29.0. The lowest BCUT2D eigenvalue weighted by molar-refractivity contribution is 0.749. The molecule has 3 aliphatic rings. The van der Waals surface area contributed by atoms with Crippen molar-refractivity contribution in [1.29, 1.82) is 0 Å². The van der Waals surface area contributed by atoms with Crippen molar-refractivity contribution < 1.29 is 0 Å². The summed E-state index contributed by atoms with van der Waals surface area (Å²) in [6.45, 7) is 2.22. The number of rotatable bonds is 5. The SMILES string of the molecule is Cc1ccc2c(c1)C1(C3=C2C=CC#CC3)c2ccccc2-c2cccc(N(c3ccc(-c4ccccc4)cc3)c3ccc(-c4ccccc4)cc3)c21. The Balaban J connectivity index is 1.25. The number of aryl methyl sites for hydroxylation is 1. The minimum Gasteiger partial charge on any atom is -0.310 e. The number of benzene rings is 7. The molecule has 1 heteroatoms. The Bertz CT molecular complexity index is 2550. The molecule has 7 aromatic rings. The summed E-state index contributed by atoms with van der Waals surface area (Å²) in [7, 11) is 0. The molecule has 0 saturated heterocycles. The van der Waals surface area contributed by atoms with Crippen molar-refractivity contribution in [2.24, 2.45) is 0 Å². The number of fused-ring (bicyclic) bond motifs is 9. The van der Waals surface area contributed by atoms with Gasteiger partial charge < -0.3 is 4.90 Å². The third kappa shape index (κ3) is 4.51. The zero-order valence-electron chi connectivity index (χ0n) is 29.0. The van der Waals surface area contributed by atoms with Crippen molar-refractivity contribution in [2.75, 3.05) is 4.90 Å². The van der Waals surface area contributed by atoms with Crippen LogP contribution in [0.2, 0.25) is 0 Å². The topological polar surface area (TPSA) is 3.24 Å². The van der Waals surface area contributed by atoms with Gasteiger partial charge in [-0.05, 0) is 111 Å². The van der Waals surface area contributed by atoms with Gasteiger partial charge in [0.15, 0.2) is 0 Å². The molecule has 10 rings (SSSR count). The largest absolute Gasteiger partial charge is 0.310 e. The van der Waals surface area contributed by atoms with E-state index in [0.717, 1.165) is 11.4 Å². The molecular weight excluding hydrogens is 627 g/mol. The van der Waals surface area contributed by atoms with Crippen molar-refractivity contribution in [3.8, 4) is 45.2 Å². The molecule has 0 radical (unpaired) electrons. The van der Waals surface area contributed by atoms with Gasteiger partial charge in [-0.3, -0.25) is 0 Å². The van der Waals surface area contributed by atoms with E-state index in [0.29, 0.717) is 6.42 Å². The van der Waals surface area contributed by atoms with Crippen LogP contribution in [-0.4, -0.2) is 0 Å². The Kier molecular flexibility index (Phi) is 6.98. The Morgan fingerprint density at radius 3 is 1.79 bits per heavy atom. The van der Waals surface area contributed by atoms with Gasteiger partial charge in [-0.1, -0.05) is 157 Å². The van der Waals surface area contributed by atoms with Crippen LogP contribution in [0.3, 0.4) is 0 Å². The molecule has 0 aromatic heterocycles. The van der Waals surface area contributed by atoms with Crippen LogP contribution in [0.5, 0.6) is 0 Å². The van der Waals surface area contributed by atoms with Gasteiger partial charge in [0.25, 0.3) is 0 Å². The van der Waals surface area contributed by atoms with Crippen molar-refractivity contribution in [2.45, 2.75) is 18.8 Å². The van der Waals surface area contributed by atoms with E-state index in [1.54, 1.807) is 0 Å². The fourth-order valence-electron chi connectivity index (χ4n) is 8.88. The molecule has 244 valence electrons. The third-order valence-electron chi connectivity index (χ3n) is 11.1. The van der Waals surface area contributed by atoms with E-state index in [-0.39, 0.29) is 0 Å². The molecule has 1 unspecified atom stereocenters.